The zero-order chi connectivity index (χ0) is 13.5. The third-order valence-electron chi connectivity index (χ3n) is 3.75. The number of rotatable bonds is 2. The monoisotopic (exact) mass is 263 g/mol. The predicted octanol–water partition coefficient (Wildman–Crippen LogP) is 3.27. The molecule has 0 atom stereocenters. The summed E-state index contributed by atoms with van der Waals surface area (Å²) in [5.74, 6) is 0.341. The van der Waals surface area contributed by atoms with Gasteiger partial charge in [0.25, 0.3) is 0 Å². The van der Waals surface area contributed by atoms with Gasteiger partial charge in [-0.1, -0.05) is 30.3 Å². The van der Waals surface area contributed by atoms with Crippen LogP contribution in [-0.4, -0.2) is 5.78 Å². The number of benzene rings is 2. The first-order valence-electron chi connectivity index (χ1n) is 6.67. The van der Waals surface area contributed by atoms with Crippen molar-refractivity contribution in [3.05, 3.63) is 71.0 Å². The second kappa shape index (κ2) is 4.32. The minimum absolute atomic E-state index is 0.0594. The number of nitrogens with one attached hydrogen (secondary N) is 1. The number of ketones is 1. The molecule has 1 aromatic heterocycles. The Kier molecular flexibility index (Phi) is 2.47. The molecule has 1 N–H and O–H groups in total. The number of carbonyl (C=O) groups is 1. The molecule has 2 aromatic carbocycles. The van der Waals surface area contributed by atoms with Crippen molar-refractivity contribution in [2.75, 3.05) is 0 Å². The van der Waals surface area contributed by atoms with E-state index in [0.29, 0.717) is 11.3 Å². The maximum atomic E-state index is 12.5. The van der Waals surface area contributed by atoms with Gasteiger partial charge in [0.15, 0.2) is 5.76 Å². The third-order valence-corrected chi connectivity index (χ3v) is 3.75. The van der Waals surface area contributed by atoms with Crippen molar-refractivity contribution in [1.29, 1.82) is 0 Å². The second-order valence-electron chi connectivity index (χ2n) is 5.06. The van der Waals surface area contributed by atoms with E-state index in [-0.39, 0.29) is 5.78 Å². The van der Waals surface area contributed by atoms with Crippen LogP contribution in [0.15, 0.2) is 52.9 Å². The number of para-hydroxylation sites is 1. The highest BCUT2D eigenvalue weighted by Crippen LogP contribution is 2.23. The smallest absolute Gasteiger partial charge is 0.228 e. The Bertz CT molecular complexity index is 784. The molecule has 3 aromatic rings. The Balaban J connectivity index is 1.76. The molecule has 2 heterocycles. The molecular formula is C17H13NO2. The topological polar surface area (TPSA) is 42.2 Å². The first-order chi connectivity index (χ1) is 9.81. The fraction of sp³-hybridized carbons (Fsp3) is 0.118. The molecule has 0 saturated heterocycles. The molecule has 0 radical (unpaired) electrons. The number of hydrogen-bond donors (Lipinski definition) is 1. The van der Waals surface area contributed by atoms with Crippen molar-refractivity contribution in [1.82, 2.24) is 5.32 Å². The number of carbonyl (C=O) groups excluding carboxylic acids is 1. The van der Waals surface area contributed by atoms with E-state index in [1.165, 1.54) is 11.1 Å². The van der Waals surface area contributed by atoms with E-state index in [0.717, 1.165) is 24.1 Å². The summed E-state index contributed by atoms with van der Waals surface area (Å²) in [6.07, 6.45) is 0. The van der Waals surface area contributed by atoms with E-state index in [4.69, 9.17) is 4.42 Å². The van der Waals surface area contributed by atoms with Crippen LogP contribution in [-0.2, 0) is 13.1 Å². The lowest BCUT2D eigenvalue weighted by Gasteiger charge is -2.01. The summed E-state index contributed by atoms with van der Waals surface area (Å²) in [5, 5.41) is 4.24. The fourth-order valence-electron chi connectivity index (χ4n) is 2.67. The van der Waals surface area contributed by atoms with Crippen LogP contribution in [0.25, 0.3) is 11.0 Å². The van der Waals surface area contributed by atoms with Gasteiger partial charge in [-0.25, -0.2) is 0 Å². The quantitative estimate of drug-likeness (QED) is 0.721. The van der Waals surface area contributed by atoms with E-state index in [2.05, 4.69) is 5.32 Å². The summed E-state index contributed by atoms with van der Waals surface area (Å²) in [6, 6.07) is 15.3. The largest absolute Gasteiger partial charge is 0.453 e. The molecule has 0 bridgehead atoms. The number of furan rings is 1. The van der Waals surface area contributed by atoms with Crippen molar-refractivity contribution in [2.24, 2.45) is 0 Å². The van der Waals surface area contributed by atoms with Crippen LogP contribution < -0.4 is 5.32 Å². The molecule has 0 aliphatic carbocycles. The van der Waals surface area contributed by atoms with E-state index in [1.807, 2.05) is 48.5 Å². The van der Waals surface area contributed by atoms with Gasteiger partial charge >= 0.3 is 0 Å². The Morgan fingerprint density at radius 1 is 1.00 bits per heavy atom. The van der Waals surface area contributed by atoms with Crippen LogP contribution in [0.1, 0.15) is 27.2 Å². The normalized spacial score (nSPS) is 13.6. The van der Waals surface area contributed by atoms with Gasteiger partial charge in [-0.05, 0) is 29.3 Å². The highest BCUT2D eigenvalue weighted by Gasteiger charge is 2.17. The summed E-state index contributed by atoms with van der Waals surface area (Å²) < 4.78 is 5.64. The Hall–Kier alpha value is -2.39. The maximum Gasteiger partial charge on any atom is 0.228 e. The van der Waals surface area contributed by atoms with Gasteiger partial charge in [-0.3, -0.25) is 4.79 Å². The Morgan fingerprint density at radius 3 is 2.75 bits per heavy atom. The summed E-state index contributed by atoms with van der Waals surface area (Å²) in [7, 11) is 0. The van der Waals surface area contributed by atoms with Gasteiger partial charge in [0.2, 0.25) is 5.78 Å². The van der Waals surface area contributed by atoms with Gasteiger partial charge in [0.1, 0.15) is 5.58 Å². The number of fused-ring (bicyclic) bond motifs is 2. The van der Waals surface area contributed by atoms with Crippen molar-refractivity contribution in [3.8, 4) is 0 Å². The minimum Gasteiger partial charge on any atom is -0.453 e. The molecule has 4 rings (SSSR count). The van der Waals surface area contributed by atoms with E-state index in [9.17, 15) is 4.79 Å². The van der Waals surface area contributed by atoms with Crippen LogP contribution in [0.3, 0.4) is 0 Å². The van der Waals surface area contributed by atoms with Crippen LogP contribution in [0.4, 0.5) is 0 Å². The highest BCUT2D eigenvalue weighted by atomic mass is 16.3. The van der Waals surface area contributed by atoms with Crippen LogP contribution in [0.2, 0.25) is 0 Å². The first kappa shape index (κ1) is 11.4. The molecule has 3 nitrogen and oxygen atoms in total. The van der Waals surface area contributed by atoms with Crippen molar-refractivity contribution >= 4 is 16.8 Å². The molecule has 1 aliphatic rings. The summed E-state index contributed by atoms with van der Waals surface area (Å²) in [6.45, 7) is 1.71. The first-order valence-corrected chi connectivity index (χ1v) is 6.67. The summed E-state index contributed by atoms with van der Waals surface area (Å²) in [5.41, 5.74) is 3.91. The second-order valence-corrected chi connectivity index (χ2v) is 5.06. The molecule has 20 heavy (non-hydrogen) atoms. The molecule has 0 amide bonds. The molecular weight excluding hydrogens is 250 g/mol. The van der Waals surface area contributed by atoms with Crippen molar-refractivity contribution < 1.29 is 9.21 Å². The average Bonchev–Trinajstić information content (AvgIpc) is 3.11. The van der Waals surface area contributed by atoms with E-state index in [1.54, 1.807) is 0 Å². The molecule has 0 spiro atoms. The molecule has 0 unspecified atom stereocenters. The Morgan fingerprint density at radius 2 is 1.85 bits per heavy atom. The van der Waals surface area contributed by atoms with Crippen molar-refractivity contribution in [3.63, 3.8) is 0 Å². The molecule has 3 heteroatoms. The maximum absolute atomic E-state index is 12.5. The van der Waals surface area contributed by atoms with E-state index >= 15 is 0 Å². The average molecular weight is 263 g/mol. The number of hydrogen-bond acceptors (Lipinski definition) is 3. The van der Waals surface area contributed by atoms with Crippen LogP contribution in [0, 0.1) is 0 Å². The van der Waals surface area contributed by atoms with Gasteiger partial charge in [-0.15, -0.1) is 0 Å². The molecule has 0 fully saturated rings. The van der Waals surface area contributed by atoms with Gasteiger partial charge < -0.3 is 9.73 Å². The summed E-state index contributed by atoms with van der Waals surface area (Å²) >= 11 is 0. The van der Waals surface area contributed by atoms with Crippen LogP contribution >= 0.6 is 0 Å². The highest BCUT2D eigenvalue weighted by molar-refractivity contribution is 6.09. The molecule has 98 valence electrons. The van der Waals surface area contributed by atoms with Gasteiger partial charge in [-0.2, -0.15) is 0 Å². The molecule has 1 aliphatic heterocycles. The fourth-order valence-corrected chi connectivity index (χ4v) is 2.67. The lowest BCUT2D eigenvalue weighted by Crippen LogP contribution is -2.01. The van der Waals surface area contributed by atoms with Crippen molar-refractivity contribution in [2.45, 2.75) is 13.1 Å². The van der Waals surface area contributed by atoms with E-state index < -0.39 is 0 Å². The lowest BCUT2D eigenvalue weighted by atomic mass is 10.0. The minimum atomic E-state index is -0.0594. The van der Waals surface area contributed by atoms with Gasteiger partial charge in [0, 0.05) is 24.0 Å². The summed E-state index contributed by atoms with van der Waals surface area (Å²) in [4.78, 5) is 12.5. The van der Waals surface area contributed by atoms with Gasteiger partial charge in [0.05, 0.1) is 0 Å². The standard InChI is InChI=1S/C17H13NO2/c19-17(12-5-6-13-9-18-10-14(13)7-12)16-8-11-3-1-2-4-15(11)20-16/h1-8,18H,9-10H2. The predicted molar refractivity (Wildman–Crippen MR) is 76.6 cm³/mol. The lowest BCUT2D eigenvalue weighted by molar-refractivity contribution is 0.101. The zero-order valence-corrected chi connectivity index (χ0v) is 10.8. The SMILES string of the molecule is O=C(c1ccc2c(c1)CNC2)c1cc2ccccc2o1. The molecule has 0 saturated carbocycles. The Labute approximate surface area is 116 Å². The zero-order valence-electron chi connectivity index (χ0n) is 10.8. The third kappa shape index (κ3) is 1.75. The van der Waals surface area contributed by atoms with Crippen LogP contribution in [0.5, 0.6) is 0 Å².